The molecule has 0 atom stereocenters. The van der Waals surface area contributed by atoms with Crippen LogP contribution in [-0.4, -0.2) is 85.1 Å². The van der Waals surface area contributed by atoms with Gasteiger partial charge >= 0.3 is 0 Å². The number of nitrogens with one attached hydrogen (secondary N) is 1. The number of halogens is 1. The first-order chi connectivity index (χ1) is 28.3. The zero-order chi connectivity index (χ0) is 42.4. The highest BCUT2D eigenvalue weighted by molar-refractivity contribution is 9.10. The number of nitrogens with zero attached hydrogens (tertiary/aromatic N) is 6. The third-order valence-corrected chi connectivity index (χ3v) is 12.8. The Balaban J connectivity index is 0.000000187. The number of rotatable bonds is 15. The van der Waals surface area contributed by atoms with Gasteiger partial charge in [-0.25, -0.2) is 19.6 Å². The Bertz CT molecular complexity index is 2380. The monoisotopic (exact) mass is 897 g/mol. The quantitative estimate of drug-likeness (QED) is 0.0783. The number of benzene rings is 2. The second-order valence-corrected chi connectivity index (χ2v) is 28.2. The third-order valence-electron chi connectivity index (χ3n) is 8.95. The number of pyridine rings is 3. The summed E-state index contributed by atoms with van der Waals surface area (Å²) in [6.07, 6.45) is 5.10. The van der Waals surface area contributed by atoms with E-state index in [1.165, 1.54) is 6.04 Å². The van der Waals surface area contributed by atoms with Crippen LogP contribution < -0.4 is 14.2 Å². The Kier molecular flexibility index (Phi) is 16.3. The topological polar surface area (TPSA) is 131 Å². The van der Waals surface area contributed by atoms with Crippen LogP contribution in [0.5, 0.6) is 23.1 Å². The van der Waals surface area contributed by atoms with Crippen LogP contribution in [0.15, 0.2) is 102 Å². The van der Waals surface area contributed by atoms with E-state index < -0.39 is 16.1 Å². The standard InChI is InChI=1S/C19H24BrN3O2Si.C18H14N4O2.C7H18OSi/c1-24-17-8-6-5-7-15(17)18-16-11-14(20)12-21-19(16)23(22-18)13-25-9-10-26(2,3)4;1-23-15-7-3-2-6-13(15)17-14-10-12(11-20-18(14)22-21-17)24-16-8-4-5-9-19-16;1-5-8-6-7-9(2,3)4/h5-8,11-12H,9-10,13H2,1-4H3;2-11H,1H3,(H,20,21,22);5-7H2,1-4H3. The lowest BCUT2D eigenvalue weighted by molar-refractivity contribution is 0.0814. The van der Waals surface area contributed by atoms with E-state index in [0.29, 0.717) is 24.0 Å². The lowest BCUT2D eigenvalue weighted by Crippen LogP contribution is -2.22. The fourth-order valence-electron chi connectivity index (χ4n) is 5.74. The maximum atomic E-state index is 5.89. The maximum Gasteiger partial charge on any atom is 0.219 e. The van der Waals surface area contributed by atoms with Gasteiger partial charge in [-0.1, -0.05) is 69.6 Å². The Hall–Kier alpha value is -4.94. The Morgan fingerprint density at radius 1 is 0.712 bits per heavy atom. The van der Waals surface area contributed by atoms with Crippen molar-refractivity contribution in [3.05, 3.63) is 102 Å². The second kappa shape index (κ2) is 21.4. The van der Waals surface area contributed by atoms with Crippen molar-refractivity contribution in [3.8, 4) is 45.6 Å². The van der Waals surface area contributed by atoms with E-state index >= 15 is 0 Å². The van der Waals surface area contributed by atoms with E-state index in [2.05, 4.69) is 80.4 Å². The van der Waals surface area contributed by atoms with Gasteiger partial charge in [0.2, 0.25) is 5.88 Å². The first-order valence-electron chi connectivity index (χ1n) is 19.7. The number of hydrogen-bond donors (Lipinski definition) is 1. The molecule has 7 rings (SSSR count). The summed E-state index contributed by atoms with van der Waals surface area (Å²) in [5.41, 5.74) is 4.97. The largest absolute Gasteiger partial charge is 0.496 e. The zero-order valence-corrected chi connectivity index (χ0v) is 39.2. The van der Waals surface area contributed by atoms with Crippen molar-refractivity contribution >= 4 is 54.1 Å². The van der Waals surface area contributed by atoms with Crippen molar-refractivity contribution < 1.29 is 23.7 Å². The summed E-state index contributed by atoms with van der Waals surface area (Å²) in [5, 5.41) is 13.9. The minimum atomic E-state index is -1.11. The maximum absolute atomic E-state index is 5.89. The first-order valence-corrected chi connectivity index (χ1v) is 27.9. The summed E-state index contributed by atoms with van der Waals surface area (Å²) in [6.45, 7) is 19.2. The molecular weight excluding hydrogens is 843 g/mol. The Morgan fingerprint density at radius 3 is 2.00 bits per heavy atom. The molecule has 12 nitrogen and oxygen atoms in total. The molecule has 0 bridgehead atoms. The van der Waals surface area contributed by atoms with Crippen LogP contribution in [0.3, 0.4) is 0 Å². The summed E-state index contributed by atoms with van der Waals surface area (Å²) in [4.78, 5) is 13.1. The number of H-pyrrole nitrogens is 1. The van der Waals surface area contributed by atoms with Gasteiger partial charge < -0.3 is 23.7 Å². The van der Waals surface area contributed by atoms with E-state index in [1.54, 1.807) is 38.9 Å². The van der Waals surface area contributed by atoms with Gasteiger partial charge in [0, 0.05) is 75.4 Å². The van der Waals surface area contributed by atoms with Crippen LogP contribution in [-0.2, 0) is 16.2 Å². The van der Waals surface area contributed by atoms with E-state index in [-0.39, 0.29) is 0 Å². The zero-order valence-electron chi connectivity index (χ0n) is 35.6. The van der Waals surface area contributed by atoms with Crippen LogP contribution in [0.4, 0.5) is 0 Å². The summed E-state index contributed by atoms with van der Waals surface area (Å²) in [5.74, 6) is 2.66. The molecule has 312 valence electrons. The molecule has 59 heavy (non-hydrogen) atoms. The van der Waals surface area contributed by atoms with Crippen LogP contribution >= 0.6 is 15.9 Å². The number of aromatic nitrogens is 7. The molecule has 0 amide bonds. The SMILES string of the molecule is CCOCC[Si](C)(C)C.COc1ccccc1-c1[nH]nc2ncc(Oc3ccccn3)cc12.COc1ccccc1-c1nn(COCC[Si](C)(C)C)c2ncc(Br)cc12. The highest BCUT2D eigenvalue weighted by atomic mass is 79.9. The van der Waals surface area contributed by atoms with Crippen molar-refractivity contribution in [2.24, 2.45) is 0 Å². The van der Waals surface area contributed by atoms with E-state index in [1.807, 2.05) is 84.4 Å². The Morgan fingerprint density at radius 2 is 1.36 bits per heavy atom. The molecule has 5 aromatic heterocycles. The average Bonchev–Trinajstić information content (AvgIpc) is 3.80. The molecule has 0 spiro atoms. The molecule has 0 aliphatic heterocycles. The predicted molar refractivity (Wildman–Crippen MR) is 246 cm³/mol. The van der Waals surface area contributed by atoms with Gasteiger partial charge in [0.25, 0.3) is 0 Å². The summed E-state index contributed by atoms with van der Waals surface area (Å²) < 4.78 is 30.6. The van der Waals surface area contributed by atoms with Gasteiger partial charge in [-0.15, -0.1) is 0 Å². The summed E-state index contributed by atoms with van der Waals surface area (Å²) in [6, 6.07) is 27.5. The molecule has 0 radical (unpaired) electrons. The van der Waals surface area contributed by atoms with Crippen molar-refractivity contribution in [2.75, 3.05) is 34.0 Å². The molecule has 2 aromatic carbocycles. The molecule has 0 saturated carbocycles. The smallest absolute Gasteiger partial charge is 0.219 e. The molecule has 1 N–H and O–H groups in total. The van der Waals surface area contributed by atoms with Crippen LogP contribution in [0.25, 0.3) is 44.6 Å². The van der Waals surface area contributed by atoms with Gasteiger partial charge in [0.05, 0.1) is 31.5 Å². The number of hydrogen-bond acceptors (Lipinski definition) is 10. The van der Waals surface area contributed by atoms with Crippen molar-refractivity contribution in [2.45, 2.75) is 65.0 Å². The molecular formula is C44H56BrN7O5Si2. The third kappa shape index (κ3) is 13.3. The highest BCUT2D eigenvalue weighted by Gasteiger charge is 2.19. The minimum absolute atomic E-state index is 0.394. The van der Waals surface area contributed by atoms with Crippen LogP contribution in [0.2, 0.25) is 51.4 Å². The molecule has 7 aromatic rings. The van der Waals surface area contributed by atoms with Crippen molar-refractivity contribution in [1.29, 1.82) is 0 Å². The van der Waals surface area contributed by atoms with Gasteiger partial charge in [-0.2, -0.15) is 10.2 Å². The van der Waals surface area contributed by atoms with E-state index in [4.69, 9.17) is 28.8 Å². The minimum Gasteiger partial charge on any atom is -0.496 e. The summed E-state index contributed by atoms with van der Waals surface area (Å²) >= 11 is 3.51. The summed E-state index contributed by atoms with van der Waals surface area (Å²) in [7, 11) is 1.39. The molecule has 15 heteroatoms. The highest BCUT2D eigenvalue weighted by Crippen LogP contribution is 2.36. The number of para-hydroxylation sites is 2. The number of ether oxygens (including phenoxy) is 5. The Labute approximate surface area is 357 Å². The van der Waals surface area contributed by atoms with Crippen molar-refractivity contribution in [1.82, 2.24) is 34.9 Å². The predicted octanol–water partition coefficient (Wildman–Crippen LogP) is 11.4. The first kappa shape index (κ1) is 45.2. The van der Waals surface area contributed by atoms with E-state index in [9.17, 15) is 0 Å². The fraction of sp³-hybridized carbons (Fsp3) is 0.341. The number of aromatic amines is 1. The molecule has 5 heterocycles. The van der Waals surface area contributed by atoms with Gasteiger partial charge in [-0.3, -0.25) is 5.10 Å². The molecule has 0 unspecified atom stereocenters. The molecule has 0 aliphatic carbocycles. The normalized spacial score (nSPS) is 11.4. The van der Waals surface area contributed by atoms with E-state index in [0.717, 1.165) is 80.8 Å². The molecule has 0 fully saturated rings. The second-order valence-electron chi connectivity index (χ2n) is 16.0. The fourth-order valence-corrected chi connectivity index (χ4v) is 7.58. The lowest BCUT2D eigenvalue weighted by atomic mass is 10.1. The molecule has 0 saturated heterocycles. The van der Waals surface area contributed by atoms with Gasteiger partial charge in [0.15, 0.2) is 11.3 Å². The van der Waals surface area contributed by atoms with Gasteiger partial charge in [-0.05, 0) is 77.4 Å². The van der Waals surface area contributed by atoms with Crippen molar-refractivity contribution in [3.63, 3.8) is 0 Å². The van der Waals surface area contributed by atoms with Crippen LogP contribution in [0, 0.1) is 0 Å². The number of fused-ring (bicyclic) bond motifs is 2. The average molecular weight is 899 g/mol. The lowest BCUT2D eigenvalue weighted by Gasteiger charge is -2.15. The number of methoxy groups -OCH3 is 2. The van der Waals surface area contributed by atoms with Crippen LogP contribution in [0.1, 0.15) is 6.92 Å². The van der Waals surface area contributed by atoms with Gasteiger partial charge in [0.1, 0.15) is 29.7 Å². The molecule has 0 aliphatic rings.